The summed E-state index contributed by atoms with van der Waals surface area (Å²) >= 11 is 0. The molecular formula is C17H28N2. The Morgan fingerprint density at radius 2 is 1.89 bits per heavy atom. The van der Waals surface area contributed by atoms with Gasteiger partial charge in [0.05, 0.1) is 0 Å². The van der Waals surface area contributed by atoms with Gasteiger partial charge < -0.3 is 10.2 Å². The van der Waals surface area contributed by atoms with E-state index in [-0.39, 0.29) is 0 Å². The minimum absolute atomic E-state index is 0.699. The average molecular weight is 260 g/mol. The summed E-state index contributed by atoms with van der Waals surface area (Å²) in [7, 11) is 0. The van der Waals surface area contributed by atoms with Crippen LogP contribution in [0.5, 0.6) is 0 Å². The van der Waals surface area contributed by atoms with E-state index in [2.05, 4.69) is 54.4 Å². The molecular weight excluding hydrogens is 232 g/mol. The van der Waals surface area contributed by atoms with Crippen LogP contribution in [0.1, 0.15) is 45.1 Å². The summed E-state index contributed by atoms with van der Waals surface area (Å²) in [6, 6.07) is 12.2. The van der Waals surface area contributed by atoms with Gasteiger partial charge in [-0.15, -0.1) is 0 Å². The lowest BCUT2D eigenvalue weighted by molar-refractivity contribution is 0.145. The molecule has 0 aromatic heterocycles. The molecule has 106 valence electrons. The van der Waals surface area contributed by atoms with Gasteiger partial charge in [-0.2, -0.15) is 0 Å². The molecule has 1 unspecified atom stereocenters. The number of piperidine rings is 1. The monoisotopic (exact) mass is 260 g/mol. The van der Waals surface area contributed by atoms with Gasteiger partial charge in [-0.25, -0.2) is 0 Å². The summed E-state index contributed by atoms with van der Waals surface area (Å²) in [6.07, 6.45) is 5.22. The Kier molecular flexibility index (Phi) is 5.87. The van der Waals surface area contributed by atoms with Crippen molar-refractivity contribution in [1.82, 2.24) is 10.2 Å². The van der Waals surface area contributed by atoms with E-state index in [4.69, 9.17) is 0 Å². The number of likely N-dealkylation sites (tertiary alicyclic amines) is 1. The first-order valence-electron chi connectivity index (χ1n) is 7.81. The van der Waals surface area contributed by atoms with Crippen molar-refractivity contribution in [2.24, 2.45) is 0 Å². The molecule has 2 nitrogen and oxygen atoms in total. The molecule has 1 aromatic rings. The molecule has 0 aliphatic carbocycles. The fraction of sp³-hybridized carbons (Fsp3) is 0.647. The van der Waals surface area contributed by atoms with Crippen LogP contribution in [-0.4, -0.2) is 30.1 Å². The summed E-state index contributed by atoms with van der Waals surface area (Å²) in [4.78, 5) is 2.66. The second-order valence-electron chi connectivity index (χ2n) is 5.81. The second-order valence-corrected chi connectivity index (χ2v) is 5.81. The highest BCUT2D eigenvalue weighted by molar-refractivity contribution is 5.14. The topological polar surface area (TPSA) is 15.3 Å². The lowest BCUT2D eigenvalue weighted by Crippen LogP contribution is -2.45. The maximum Gasteiger partial charge on any atom is 0.0208 e. The third kappa shape index (κ3) is 4.63. The van der Waals surface area contributed by atoms with Gasteiger partial charge in [-0.1, -0.05) is 43.7 Å². The summed E-state index contributed by atoms with van der Waals surface area (Å²) in [5.74, 6) is 0. The molecule has 1 aliphatic rings. The minimum Gasteiger partial charge on any atom is -0.310 e. The molecule has 1 heterocycles. The molecule has 1 aliphatic heterocycles. The lowest BCUT2D eigenvalue weighted by atomic mass is 10.0. The highest BCUT2D eigenvalue weighted by atomic mass is 15.2. The van der Waals surface area contributed by atoms with E-state index in [0.717, 1.165) is 12.6 Å². The van der Waals surface area contributed by atoms with Gasteiger partial charge in [-0.3, -0.25) is 0 Å². The van der Waals surface area contributed by atoms with Gasteiger partial charge >= 0.3 is 0 Å². The van der Waals surface area contributed by atoms with Crippen molar-refractivity contribution >= 4 is 0 Å². The SMILES string of the molecule is CCCC(C)N1CCC(NCc2ccccc2)CC1. The zero-order chi connectivity index (χ0) is 13.5. The number of rotatable bonds is 6. The molecule has 1 aromatic carbocycles. The highest BCUT2D eigenvalue weighted by Gasteiger charge is 2.21. The van der Waals surface area contributed by atoms with Crippen LogP contribution >= 0.6 is 0 Å². The normalized spacial score (nSPS) is 19.5. The van der Waals surface area contributed by atoms with Gasteiger partial charge in [0.1, 0.15) is 0 Å². The van der Waals surface area contributed by atoms with Crippen molar-refractivity contribution in [1.29, 1.82) is 0 Å². The lowest BCUT2D eigenvalue weighted by Gasteiger charge is -2.36. The molecule has 0 bridgehead atoms. The standard InChI is InChI=1S/C17H28N2/c1-3-7-15(2)19-12-10-17(11-13-19)18-14-16-8-5-4-6-9-16/h4-6,8-9,15,17-18H,3,7,10-14H2,1-2H3. The molecule has 0 saturated carbocycles. The quantitative estimate of drug-likeness (QED) is 0.843. The van der Waals surface area contributed by atoms with Crippen LogP contribution in [0.4, 0.5) is 0 Å². The van der Waals surface area contributed by atoms with E-state index in [1.54, 1.807) is 0 Å². The predicted octanol–water partition coefficient (Wildman–Crippen LogP) is 3.43. The summed E-state index contributed by atoms with van der Waals surface area (Å²) in [6.45, 7) is 8.18. The van der Waals surface area contributed by atoms with Crippen molar-refractivity contribution in [2.75, 3.05) is 13.1 Å². The molecule has 2 heteroatoms. The molecule has 0 radical (unpaired) electrons. The molecule has 19 heavy (non-hydrogen) atoms. The molecule has 1 fully saturated rings. The van der Waals surface area contributed by atoms with Crippen molar-refractivity contribution in [3.63, 3.8) is 0 Å². The van der Waals surface area contributed by atoms with Gasteiger partial charge in [0.25, 0.3) is 0 Å². The van der Waals surface area contributed by atoms with Crippen LogP contribution in [0.15, 0.2) is 30.3 Å². The molecule has 0 spiro atoms. The molecule has 2 rings (SSSR count). The van der Waals surface area contributed by atoms with Gasteiger partial charge in [0, 0.05) is 18.6 Å². The molecule has 1 saturated heterocycles. The summed E-state index contributed by atoms with van der Waals surface area (Å²) < 4.78 is 0. The van der Waals surface area contributed by atoms with Crippen molar-refractivity contribution in [3.05, 3.63) is 35.9 Å². The highest BCUT2D eigenvalue weighted by Crippen LogP contribution is 2.16. The fourth-order valence-electron chi connectivity index (χ4n) is 3.00. The zero-order valence-corrected chi connectivity index (χ0v) is 12.4. The number of hydrogen-bond donors (Lipinski definition) is 1. The van der Waals surface area contributed by atoms with Crippen molar-refractivity contribution in [2.45, 2.75) is 58.2 Å². The Morgan fingerprint density at radius 1 is 1.21 bits per heavy atom. The Balaban J connectivity index is 1.69. The van der Waals surface area contributed by atoms with E-state index in [9.17, 15) is 0 Å². The first kappa shape index (κ1) is 14.5. The van der Waals surface area contributed by atoms with Gasteiger partial charge in [-0.05, 0) is 44.8 Å². The average Bonchev–Trinajstić information content (AvgIpc) is 2.47. The van der Waals surface area contributed by atoms with Crippen LogP contribution in [-0.2, 0) is 6.54 Å². The van der Waals surface area contributed by atoms with Gasteiger partial charge in [0.2, 0.25) is 0 Å². The van der Waals surface area contributed by atoms with Crippen LogP contribution in [0.3, 0.4) is 0 Å². The van der Waals surface area contributed by atoms with Crippen LogP contribution < -0.4 is 5.32 Å². The number of hydrogen-bond acceptors (Lipinski definition) is 2. The minimum atomic E-state index is 0.699. The maximum atomic E-state index is 3.70. The Hall–Kier alpha value is -0.860. The number of nitrogens with zero attached hydrogens (tertiary/aromatic N) is 1. The first-order valence-corrected chi connectivity index (χ1v) is 7.81. The maximum absolute atomic E-state index is 3.70. The molecule has 0 amide bonds. The van der Waals surface area contributed by atoms with E-state index in [1.807, 2.05) is 0 Å². The van der Waals surface area contributed by atoms with E-state index < -0.39 is 0 Å². The van der Waals surface area contributed by atoms with Crippen LogP contribution in [0.2, 0.25) is 0 Å². The number of nitrogens with one attached hydrogen (secondary N) is 1. The van der Waals surface area contributed by atoms with Gasteiger partial charge in [0.15, 0.2) is 0 Å². The van der Waals surface area contributed by atoms with Crippen LogP contribution in [0.25, 0.3) is 0 Å². The largest absolute Gasteiger partial charge is 0.310 e. The van der Waals surface area contributed by atoms with E-state index in [1.165, 1.54) is 44.3 Å². The Labute approximate surface area is 118 Å². The van der Waals surface area contributed by atoms with E-state index >= 15 is 0 Å². The van der Waals surface area contributed by atoms with Crippen molar-refractivity contribution < 1.29 is 0 Å². The molecule has 1 N–H and O–H groups in total. The third-order valence-corrected chi connectivity index (χ3v) is 4.30. The predicted molar refractivity (Wildman–Crippen MR) is 82.2 cm³/mol. The summed E-state index contributed by atoms with van der Waals surface area (Å²) in [5.41, 5.74) is 1.39. The fourth-order valence-corrected chi connectivity index (χ4v) is 3.00. The van der Waals surface area contributed by atoms with Crippen LogP contribution in [0, 0.1) is 0 Å². The second kappa shape index (κ2) is 7.66. The third-order valence-electron chi connectivity index (χ3n) is 4.30. The van der Waals surface area contributed by atoms with E-state index in [0.29, 0.717) is 6.04 Å². The first-order chi connectivity index (χ1) is 9.29. The van der Waals surface area contributed by atoms with Crippen molar-refractivity contribution in [3.8, 4) is 0 Å². The smallest absolute Gasteiger partial charge is 0.0208 e. The Morgan fingerprint density at radius 3 is 2.53 bits per heavy atom. The zero-order valence-electron chi connectivity index (χ0n) is 12.4. The molecule has 1 atom stereocenters. The Bertz CT molecular complexity index is 342. The number of benzene rings is 1. The summed E-state index contributed by atoms with van der Waals surface area (Å²) in [5, 5.41) is 3.70.